The third-order valence-corrected chi connectivity index (χ3v) is 3.13. The molecule has 0 radical (unpaired) electrons. The number of fused-ring (bicyclic) bond motifs is 1. The Morgan fingerprint density at radius 3 is 2.65 bits per heavy atom. The Morgan fingerprint density at radius 2 is 1.90 bits per heavy atom. The van der Waals surface area contributed by atoms with Crippen LogP contribution in [-0.2, 0) is 0 Å². The fraction of sp³-hybridized carbons (Fsp3) is 0.118. The number of para-hydroxylation sites is 2. The summed E-state index contributed by atoms with van der Waals surface area (Å²) in [4.78, 5) is 12.1. The third-order valence-electron chi connectivity index (χ3n) is 3.13. The van der Waals surface area contributed by atoms with Crippen molar-refractivity contribution in [3.63, 3.8) is 0 Å². The first kappa shape index (κ1) is 12.5. The second kappa shape index (κ2) is 5.21. The van der Waals surface area contributed by atoms with Gasteiger partial charge in [0.25, 0.3) is 0 Å². The number of hydrogen-bond donors (Lipinski definition) is 0. The summed E-state index contributed by atoms with van der Waals surface area (Å²) >= 11 is 0. The van der Waals surface area contributed by atoms with Crippen LogP contribution in [0.15, 0.2) is 59.0 Å². The summed E-state index contributed by atoms with van der Waals surface area (Å²) in [6.07, 6.45) is 0. The van der Waals surface area contributed by atoms with Crippen molar-refractivity contribution >= 4 is 16.8 Å². The number of rotatable bonds is 4. The van der Waals surface area contributed by atoms with Crippen LogP contribution in [0.4, 0.5) is 0 Å². The molecular weight excluding hydrogens is 252 g/mol. The molecule has 0 N–H and O–H groups in total. The predicted octanol–water partition coefficient (Wildman–Crippen LogP) is 4.00. The van der Waals surface area contributed by atoms with E-state index in [2.05, 4.69) is 0 Å². The molecule has 0 spiro atoms. The number of ether oxygens (including phenoxy) is 1. The molecule has 0 aliphatic carbocycles. The number of Topliss-reactive ketones (excluding diaryl/α,β-unsaturated/α-hetero) is 1. The lowest BCUT2D eigenvalue weighted by Gasteiger charge is -2.03. The molecule has 3 aromatic rings. The quantitative estimate of drug-likeness (QED) is 0.670. The van der Waals surface area contributed by atoms with E-state index in [0.29, 0.717) is 11.5 Å². The summed E-state index contributed by atoms with van der Waals surface area (Å²) in [6.45, 7) is 1.93. The standard InChI is InChI=1S/C17H14O3/c1-12-6-5-7-13-10-16(20-17(12)13)15(18)11-19-14-8-3-2-4-9-14/h2-10H,11H2,1H3. The van der Waals surface area contributed by atoms with Crippen LogP contribution in [0.25, 0.3) is 11.0 Å². The summed E-state index contributed by atoms with van der Waals surface area (Å²) in [7, 11) is 0. The van der Waals surface area contributed by atoms with Crippen molar-refractivity contribution in [1.82, 2.24) is 0 Å². The maximum absolute atomic E-state index is 12.1. The van der Waals surface area contributed by atoms with Crippen LogP contribution in [-0.4, -0.2) is 12.4 Å². The first-order chi connectivity index (χ1) is 9.74. The maximum atomic E-state index is 12.1. The number of hydrogen-bond acceptors (Lipinski definition) is 3. The first-order valence-electron chi connectivity index (χ1n) is 6.44. The van der Waals surface area contributed by atoms with E-state index in [1.165, 1.54) is 0 Å². The molecule has 1 heterocycles. The highest BCUT2D eigenvalue weighted by Crippen LogP contribution is 2.23. The van der Waals surface area contributed by atoms with Crippen LogP contribution in [0.5, 0.6) is 5.75 Å². The normalized spacial score (nSPS) is 10.7. The molecule has 1 aromatic heterocycles. The van der Waals surface area contributed by atoms with Gasteiger partial charge in [-0.15, -0.1) is 0 Å². The monoisotopic (exact) mass is 266 g/mol. The van der Waals surface area contributed by atoms with Gasteiger partial charge in [0.2, 0.25) is 5.78 Å². The van der Waals surface area contributed by atoms with Crippen LogP contribution in [0.3, 0.4) is 0 Å². The third kappa shape index (κ3) is 2.43. The fourth-order valence-corrected chi connectivity index (χ4v) is 2.08. The van der Waals surface area contributed by atoms with Crippen molar-refractivity contribution in [2.45, 2.75) is 6.92 Å². The zero-order valence-electron chi connectivity index (χ0n) is 11.1. The van der Waals surface area contributed by atoms with E-state index in [4.69, 9.17) is 9.15 Å². The smallest absolute Gasteiger partial charge is 0.235 e. The fourth-order valence-electron chi connectivity index (χ4n) is 2.08. The molecule has 0 saturated heterocycles. The number of benzene rings is 2. The maximum Gasteiger partial charge on any atom is 0.235 e. The Hall–Kier alpha value is -2.55. The van der Waals surface area contributed by atoms with E-state index in [9.17, 15) is 4.79 Å². The molecule has 100 valence electrons. The molecule has 0 aliphatic heterocycles. The van der Waals surface area contributed by atoms with Crippen molar-refractivity contribution in [1.29, 1.82) is 0 Å². The lowest BCUT2D eigenvalue weighted by Crippen LogP contribution is -2.10. The van der Waals surface area contributed by atoms with Crippen LogP contribution in [0, 0.1) is 6.92 Å². The highest BCUT2D eigenvalue weighted by Gasteiger charge is 2.13. The Morgan fingerprint density at radius 1 is 1.10 bits per heavy atom. The number of furan rings is 1. The van der Waals surface area contributed by atoms with Crippen LogP contribution < -0.4 is 4.74 Å². The second-order valence-corrected chi connectivity index (χ2v) is 4.63. The van der Waals surface area contributed by atoms with Gasteiger partial charge in [0.1, 0.15) is 11.3 Å². The van der Waals surface area contributed by atoms with Gasteiger partial charge in [-0.05, 0) is 30.7 Å². The van der Waals surface area contributed by atoms with E-state index < -0.39 is 0 Å². The van der Waals surface area contributed by atoms with E-state index in [-0.39, 0.29) is 12.4 Å². The molecule has 0 aliphatic rings. The van der Waals surface area contributed by atoms with Gasteiger partial charge in [0, 0.05) is 5.39 Å². The number of carbonyl (C=O) groups excluding carboxylic acids is 1. The van der Waals surface area contributed by atoms with Crippen molar-refractivity contribution < 1.29 is 13.9 Å². The molecule has 2 aromatic carbocycles. The average molecular weight is 266 g/mol. The van der Waals surface area contributed by atoms with E-state index in [0.717, 1.165) is 16.5 Å². The Kier molecular flexibility index (Phi) is 3.25. The molecule has 20 heavy (non-hydrogen) atoms. The van der Waals surface area contributed by atoms with Gasteiger partial charge in [-0.2, -0.15) is 0 Å². The molecule has 0 bridgehead atoms. The predicted molar refractivity (Wildman–Crippen MR) is 77.2 cm³/mol. The van der Waals surface area contributed by atoms with Gasteiger partial charge in [0.15, 0.2) is 12.4 Å². The molecule has 3 nitrogen and oxygen atoms in total. The van der Waals surface area contributed by atoms with Gasteiger partial charge >= 0.3 is 0 Å². The molecule has 3 rings (SSSR count). The Balaban J connectivity index is 1.77. The molecule has 0 saturated carbocycles. The minimum Gasteiger partial charge on any atom is -0.485 e. The molecular formula is C17H14O3. The van der Waals surface area contributed by atoms with Crippen LogP contribution in [0.2, 0.25) is 0 Å². The number of aryl methyl sites for hydroxylation is 1. The van der Waals surface area contributed by atoms with Crippen LogP contribution in [0.1, 0.15) is 16.1 Å². The average Bonchev–Trinajstić information content (AvgIpc) is 2.91. The zero-order chi connectivity index (χ0) is 13.9. The molecule has 0 amide bonds. The van der Waals surface area contributed by atoms with Crippen molar-refractivity contribution in [2.24, 2.45) is 0 Å². The van der Waals surface area contributed by atoms with Gasteiger partial charge in [-0.3, -0.25) is 4.79 Å². The molecule has 0 unspecified atom stereocenters. The largest absolute Gasteiger partial charge is 0.485 e. The highest BCUT2D eigenvalue weighted by molar-refractivity contribution is 5.98. The zero-order valence-corrected chi connectivity index (χ0v) is 11.1. The SMILES string of the molecule is Cc1cccc2cc(C(=O)COc3ccccc3)oc12. The number of carbonyl (C=O) groups is 1. The van der Waals surface area contributed by atoms with Crippen molar-refractivity contribution in [3.05, 3.63) is 65.9 Å². The molecule has 0 fully saturated rings. The van der Waals surface area contributed by atoms with Crippen LogP contribution >= 0.6 is 0 Å². The van der Waals surface area contributed by atoms with Gasteiger partial charge < -0.3 is 9.15 Å². The van der Waals surface area contributed by atoms with E-state index >= 15 is 0 Å². The summed E-state index contributed by atoms with van der Waals surface area (Å²) in [5.74, 6) is 0.850. The lowest BCUT2D eigenvalue weighted by molar-refractivity contribution is 0.0896. The molecule has 0 atom stereocenters. The number of ketones is 1. The van der Waals surface area contributed by atoms with Gasteiger partial charge in [0.05, 0.1) is 0 Å². The lowest BCUT2D eigenvalue weighted by atomic mass is 10.2. The summed E-state index contributed by atoms with van der Waals surface area (Å²) < 4.78 is 11.1. The topological polar surface area (TPSA) is 39.4 Å². The van der Waals surface area contributed by atoms with Crippen molar-refractivity contribution in [3.8, 4) is 5.75 Å². The Labute approximate surface area is 116 Å². The van der Waals surface area contributed by atoms with E-state index in [1.54, 1.807) is 6.07 Å². The summed E-state index contributed by atoms with van der Waals surface area (Å²) in [5, 5.41) is 0.938. The van der Waals surface area contributed by atoms with Gasteiger partial charge in [-0.25, -0.2) is 0 Å². The van der Waals surface area contributed by atoms with Crippen molar-refractivity contribution in [2.75, 3.05) is 6.61 Å². The van der Waals surface area contributed by atoms with E-state index in [1.807, 2.05) is 55.5 Å². The molecule has 3 heteroatoms. The minimum absolute atomic E-state index is 0.0249. The summed E-state index contributed by atoms with van der Waals surface area (Å²) in [5.41, 5.74) is 1.78. The van der Waals surface area contributed by atoms with Gasteiger partial charge in [-0.1, -0.05) is 36.4 Å². The Bertz CT molecular complexity index is 741. The summed E-state index contributed by atoms with van der Waals surface area (Å²) in [6, 6.07) is 16.9. The minimum atomic E-state index is -0.163. The highest BCUT2D eigenvalue weighted by atomic mass is 16.5. The first-order valence-corrected chi connectivity index (χ1v) is 6.44. The second-order valence-electron chi connectivity index (χ2n) is 4.63.